The lowest BCUT2D eigenvalue weighted by Crippen LogP contribution is -2.29. The predicted octanol–water partition coefficient (Wildman–Crippen LogP) is 6.09. The fraction of sp³-hybridized carbons (Fsp3) is 0.154. The third kappa shape index (κ3) is 3.77. The number of para-hydroxylation sites is 1. The molecule has 0 aliphatic heterocycles. The molecule has 1 atom stereocenters. The minimum atomic E-state index is -0.0611. The number of carbonyl (C=O) groups is 1. The van der Waals surface area contributed by atoms with Gasteiger partial charge in [-0.25, -0.2) is 4.98 Å². The summed E-state index contributed by atoms with van der Waals surface area (Å²) in [6, 6.07) is 28.0. The van der Waals surface area contributed by atoms with E-state index in [0.717, 1.165) is 39.7 Å². The number of carbonyl (C=O) groups excluding carboxylic acids is 1. The van der Waals surface area contributed by atoms with Crippen molar-refractivity contribution < 1.29 is 4.79 Å². The van der Waals surface area contributed by atoms with Crippen LogP contribution in [0.2, 0.25) is 0 Å². The normalized spacial score (nSPS) is 11.9. The summed E-state index contributed by atoms with van der Waals surface area (Å²) < 4.78 is 0. The van der Waals surface area contributed by atoms with Crippen molar-refractivity contribution in [2.45, 2.75) is 26.3 Å². The maximum Gasteiger partial charge on any atom is 0.252 e. The molecule has 4 rings (SSSR count). The molecule has 1 aromatic heterocycles. The van der Waals surface area contributed by atoms with Crippen molar-refractivity contribution in [2.75, 3.05) is 0 Å². The first-order chi connectivity index (χ1) is 14.2. The maximum atomic E-state index is 13.5. The van der Waals surface area contributed by atoms with Gasteiger partial charge in [0.15, 0.2) is 0 Å². The highest BCUT2D eigenvalue weighted by atomic mass is 16.1. The van der Waals surface area contributed by atoms with Gasteiger partial charge in [0.25, 0.3) is 5.91 Å². The second-order valence-electron chi connectivity index (χ2n) is 7.19. The molecule has 0 fully saturated rings. The highest BCUT2D eigenvalue weighted by molar-refractivity contribution is 6.09. The van der Waals surface area contributed by atoms with Gasteiger partial charge in [0.05, 0.1) is 22.8 Å². The number of rotatable bonds is 5. The van der Waals surface area contributed by atoms with E-state index in [4.69, 9.17) is 4.98 Å². The molecule has 4 aromatic rings. The van der Waals surface area contributed by atoms with Crippen molar-refractivity contribution >= 4 is 16.8 Å². The van der Waals surface area contributed by atoms with E-state index in [1.54, 1.807) is 0 Å². The first-order valence-electron chi connectivity index (χ1n) is 9.99. The van der Waals surface area contributed by atoms with Gasteiger partial charge in [-0.2, -0.15) is 0 Å². The second-order valence-corrected chi connectivity index (χ2v) is 7.19. The molecule has 29 heavy (non-hydrogen) atoms. The van der Waals surface area contributed by atoms with Crippen LogP contribution in [0.1, 0.15) is 40.9 Å². The lowest BCUT2D eigenvalue weighted by Gasteiger charge is -2.20. The summed E-state index contributed by atoms with van der Waals surface area (Å²) in [7, 11) is 0. The summed E-state index contributed by atoms with van der Waals surface area (Å²) in [4.78, 5) is 18.3. The van der Waals surface area contributed by atoms with Gasteiger partial charge in [0.1, 0.15) is 0 Å². The Balaban J connectivity index is 1.82. The number of nitrogens with zero attached hydrogens (tertiary/aromatic N) is 1. The number of aromatic nitrogens is 1. The largest absolute Gasteiger partial charge is 0.345 e. The van der Waals surface area contributed by atoms with Crippen LogP contribution in [-0.4, -0.2) is 10.9 Å². The lowest BCUT2D eigenvalue weighted by molar-refractivity contribution is 0.0936. The van der Waals surface area contributed by atoms with Gasteiger partial charge in [-0.15, -0.1) is 0 Å². The molecule has 0 saturated carbocycles. The van der Waals surface area contributed by atoms with Crippen LogP contribution in [0.4, 0.5) is 0 Å². The Morgan fingerprint density at radius 2 is 1.52 bits per heavy atom. The lowest BCUT2D eigenvalue weighted by atomic mass is 9.88. The number of benzene rings is 3. The van der Waals surface area contributed by atoms with Crippen LogP contribution in [0.5, 0.6) is 0 Å². The van der Waals surface area contributed by atoms with Crippen molar-refractivity contribution in [1.82, 2.24) is 10.3 Å². The van der Waals surface area contributed by atoms with E-state index >= 15 is 0 Å². The molecule has 1 N–H and O–H groups in total. The maximum absolute atomic E-state index is 13.5. The van der Waals surface area contributed by atoms with Crippen LogP contribution in [0.25, 0.3) is 22.2 Å². The third-order valence-corrected chi connectivity index (χ3v) is 5.33. The zero-order chi connectivity index (χ0) is 20.2. The summed E-state index contributed by atoms with van der Waals surface area (Å²) in [6.07, 6.45) is 0.823. The third-order valence-electron chi connectivity index (χ3n) is 5.33. The zero-order valence-corrected chi connectivity index (χ0v) is 16.7. The van der Waals surface area contributed by atoms with Gasteiger partial charge < -0.3 is 5.32 Å². The molecule has 1 amide bonds. The zero-order valence-electron chi connectivity index (χ0n) is 16.7. The molecule has 0 bridgehead atoms. The summed E-state index contributed by atoms with van der Waals surface area (Å²) >= 11 is 0. The number of pyridine rings is 1. The molecule has 0 radical (unpaired) electrons. The molecular formula is C26H24N2O. The van der Waals surface area contributed by atoms with E-state index in [1.807, 2.05) is 79.7 Å². The Morgan fingerprint density at radius 1 is 0.897 bits per heavy atom. The highest BCUT2D eigenvalue weighted by Crippen LogP contribution is 2.30. The Kier molecular flexibility index (Phi) is 5.39. The Bertz CT molecular complexity index is 1140. The number of nitrogens with one attached hydrogen (secondary N) is 1. The van der Waals surface area contributed by atoms with Gasteiger partial charge in [-0.1, -0.05) is 85.8 Å². The number of hydrogen-bond acceptors (Lipinski definition) is 2. The molecule has 0 aliphatic rings. The first-order valence-corrected chi connectivity index (χ1v) is 9.99. The average Bonchev–Trinajstić information content (AvgIpc) is 2.78. The van der Waals surface area contributed by atoms with E-state index < -0.39 is 0 Å². The first kappa shape index (κ1) is 18.9. The molecule has 3 aromatic carbocycles. The van der Waals surface area contributed by atoms with Gasteiger partial charge in [-0.05, 0) is 30.5 Å². The molecule has 144 valence electrons. The number of fused-ring (bicyclic) bond motifs is 1. The summed E-state index contributed by atoms with van der Waals surface area (Å²) in [5.41, 5.74) is 5.40. The molecule has 0 saturated heterocycles. The topological polar surface area (TPSA) is 42.0 Å². The van der Waals surface area contributed by atoms with Crippen molar-refractivity contribution in [2.24, 2.45) is 0 Å². The molecule has 3 nitrogen and oxygen atoms in total. The van der Waals surface area contributed by atoms with Crippen LogP contribution in [0.3, 0.4) is 0 Å². The van der Waals surface area contributed by atoms with Gasteiger partial charge in [0, 0.05) is 10.9 Å². The smallest absolute Gasteiger partial charge is 0.252 e. The number of hydrogen-bond donors (Lipinski definition) is 1. The van der Waals surface area contributed by atoms with Gasteiger partial charge in [0.2, 0.25) is 0 Å². The van der Waals surface area contributed by atoms with E-state index in [0.29, 0.717) is 5.56 Å². The van der Waals surface area contributed by atoms with Crippen LogP contribution in [0, 0.1) is 6.92 Å². The van der Waals surface area contributed by atoms with Crippen LogP contribution >= 0.6 is 0 Å². The monoisotopic (exact) mass is 379 g/mol. The molecule has 0 spiro atoms. The van der Waals surface area contributed by atoms with Gasteiger partial charge in [-0.3, -0.25) is 4.79 Å². The minimum Gasteiger partial charge on any atom is -0.345 e. The molecule has 3 heteroatoms. The Morgan fingerprint density at radius 3 is 2.21 bits per heavy atom. The predicted molar refractivity (Wildman–Crippen MR) is 119 cm³/mol. The van der Waals surface area contributed by atoms with E-state index in [2.05, 4.69) is 24.4 Å². The quantitative estimate of drug-likeness (QED) is 0.456. The second kappa shape index (κ2) is 8.27. The van der Waals surface area contributed by atoms with Crippen LogP contribution < -0.4 is 5.32 Å². The van der Waals surface area contributed by atoms with Crippen molar-refractivity contribution in [3.8, 4) is 11.3 Å². The van der Waals surface area contributed by atoms with Crippen molar-refractivity contribution in [1.29, 1.82) is 0 Å². The SMILES string of the molecule is CC[C@H](NC(=O)c1c([11CH3])c(-c2ccccc2)nc2ccccc12)c1ccccc1. The molecular weight excluding hydrogens is 355 g/mol. The Labute approximate surface area is 171 Å². The molecule has 1 heterocycles. The average molecular weight is 379 g/mol. The van der Waals surface area contributed by atoms with Crippen molar-refractivity contribution in [3.05, 3.63) is 102 Å². The van der Waals surface area contributed by atoms with E-state index in [-0.39, 0.29) is 11.9 Å². The van der Waals surface area contributed by atoms with E-state index in [9.17, 15) is 4.79 Å². The fourth-order valence-electron chi connectivity index (χ4n) is 3.81. The highest BCUT2D eigenvalue weighted by Gasteiger charge is 2.21. The number of amides is 1. The standard InChI is InChI=1S/C26H24N2O/c1-3-22(19-12-6-4-7-13-19)28-26(29)24-18(2)25(20-14-8-5-9-15-20)27-23-17-11-10-16-21(23)24/h4-17,22H,3H2,1-2H3,(H,28,29)/t22-/m0/s1/i2-1. The summed E-state index contributed by atoms with van der Waals surface area (Å²) in [5.74, 6) is -0.0611. The molecule has 0 unspecified atom stereocenters. The van der Waals surface area contributed by atoms with Crippen LogP contribution in [0.15, 0.2) is 84.9 Å². The summed E-state index contributed by atoms with van der Waals surface area (Å²) in [5, 5.41) is 4.12. The van der Waals surface area contributed by atoms with Gasteiger partial charge >= 0.3 is 0 Å². The molecule has 0 aliphatic carbocycles. The Hall–Kier alpha value is -3.46. The fourth-order valence-corrected chi connectivity index (χ4v) is 3.81. The minimum absolute atomic E-state index is 0.0322. The summed E-state index contributed by atoms with van der Waals surface area (Å²) in [6.45, 7) is 4.07. The van der Waals surface area contributed by atoms with E-state index in [1.165, 1.54) is 0 Å². The van der Waals surface area contributed by atoms with Crippen molar-refractivity contribution in [3.63, 3.8) is 0 Å². The van der Waals surface area contributed by atoms with Crippen LogP contribution in [-0.2, 0) is 0 Å².